The maximum absolute atomic E-state index is 10.8. The largest absolute Gasteiger partial charge is 0.507 e. The first-order chi connectivity index (χ1) is 14.2. The van der Waals surface area contributed by atoms with Gasteiger partial charge in [-0.25, -0.2) is 4.79 Å². The second-order valence-corrected chi connectivity index (χ2v) is 7.04. The Hall–Kier alpha value is -2.88. The molecule has 2 aromatic rings. The summed E-state index contributed by atoms with van der Waals surface area (Å²) < 4.78 is 0. The number of hydrogen-bond acceptors (Lipinski definition) is 6. The zero-order valence-corrected chi connectivity index (χ0v) is 17.4. The van der Waals surface area contributed by atoms with Crippen LogP contribution in [-0.2, 0) is 24.2 Å². The third-order valence-corrected chi connectivity index (χ3v) is 4.36. The van der Waals surface area contributed by atoms with Gasteiger partial charge in [0.1, 0.15) is 11.3 Å². The molecule has 0 radical (unpaired) electrons. The van der Waals surface area contributed by atoms with Gasteiger partial charge in [-0.2, -0.15) is 0 Å². The Balaban J connectivity index is 0.000000325. The Labute approximate surface area is 176 Å². The van der Waals surface area contributed by atoms with E-state index in [0.717, 1.165) is 13.0 Å². The number of para-hydroxylation sites is 1. The molecule has 162 valence electrons. The Morgan fingerprint density at radius 2 is 1.73 bits per heavy atom. The molecule has 5 N–H and O–H groups in total. The number of hydrogen-bond donors (Lipinski definition) is 5. The highest BCUT2D eigenvalue weighted by atomic mass is 16.4. The minimum atomic E-state index is -1.82. The van der Waals surface area contributed by atoms with Crippen molar-refractivity contribution in [1.29, 1.82) is 0 Å². The minimum absolute atomic E-state index is 0.108. The van der Waals surface area contributed by atoms with Crippen LogP contribution in [0.5, 0.6) is 5.75 Å². The predicted molar refractivity (Wildman–Crippen MR) is 115 cm³/mol. The monoisotopic (exact) mass is 416 g/mol. The molecular formula is C21H29BN2O6. The van der Waals surface area contributed by atoms with Crippen molar-refractivity contribution < 1.29 is 29.9 Å². The zero-order chi connectivity index (χ0) is 22.7. The molecule has 0 spiro atoms. The highest BCUT2D eigenvalue weighted by Gasteiger charge is 2.25. The van der Waals surface area contributed by atoms with Crippen molar-refractivity contribution in [3.63, 3.8) is 0 Å². The normalized spacial score (nSPS) is 11.3. The van der Waals surface area contributed by atoms with E-state index in [-0.39, 0.29) is 17.5 Å². The van der Waals surface area contributed by atoms with E-state index >= 15 is 0 Å². The van der Waals surface area contributed by atoms with Crippen molar-refractivity contribution in [1.82, 2.24) is 10.2 Å². The molecule has 0 bridgehead atoms. The lowest BCUT2D eigenvalue weighted by molar-refractivity contribution is -0.109. The zero-order valence-electron chi connectivity index (χ0n) is 17.4. The number of rotatable bonds is 9. The quantitative estimate of drug-likeness (QED) is 0.305. The molecule has 0 fully saturated rings. The van der Waals surface area contributed by atoms with Crippen LogP contribution in [-0.4, -0.2) is 64.7 Å². The van der Waals surface area contributed by atoms with Crippen LogP contribution < -0.4 is 5.32 Å². The van der Waals surface area contributed by atoms with E-state index in [1.54, 1.807) is 0 Å². The summed E-state index contributed by atoms with van der Waals surface area (Å²) in [5.41, 5.74) is 2.71. The highest BCUT2D eigenvalue weighted by Crippen LogP contribution is 2.23. The van der Waals surface area contributed by atoms with E-state index in [4.69, 9.17) is 15.2 Å². The molecule has 1 unspecified atom stereocenters. The average molecular weight is 416 g/mol. The summed E-state index contributed by atoms with van der Waals surface area (Å²) in [5.74, 6) is -2.78. The Morgan fingerprint density at radius 3 is 2.20 bits per heavy atom. The van der Waals surface area contributed by atoms with Gasteiger partial charge in [0.25, 0.3) is 0 Å². The van der Waals surface area contributed by atoms with E-state index in [1.165, 1.54) is 29.3 Å². The Bertz CT molecular complexity index is 812. The van der Waals surface area contributed by atoms with Crippen LogP contribution in [0.4, 0.5) is 0 Å². The smallest absolute Gasteiger partial charge is 0.475 e. The fourth-order valence-corrected chi connectivity index (χ4v) is 2.75. The van der Waals surface area contributed by atoms with Crippen molar-refractivity contribution in [2.75, 3.05) is 14.1 Å². The van der Waals surface area contributed by atoms with Crippen LogP contribution in [0.3, 0.4) is 0 Å². The van der Waals surface area contributed by atoms with Gasteiger partial charge in [0.2, 0.25) is 6.41 Å². The molecule has 0 saturated heterocycles. The molecule has 30 heavy (non-hydrogen) atoms. The summed E-state index contributed by atoms with van der Waals surface area (Å²) in [4.78, 5) is 23.3. The van der Waals surface area contributed by atoms with Crippen LogP contribution >= 0.6 is 0 Å². The van der Waals surface area contributed by atoms with Gasteiger partial charge in [-0.3, -0.25) is 4.79 Å². The van der Waals surface area contributed by atoms with Gasteiger partial charge in [0, 0.05) is 6.54 Å². The van der Waals surface area contributed by atoms with Crippen LogP contribution in [0.1, 0.15) is 34.0 Å². The number of nitrogens with zero attached hydrogens (tertiary/aromatic N) is 1. The lowest BCUT2D eigenvalue weighted by Gasteiger charge is -2.16. The van der Waals surface area contributed by atoms with Crippen molar-refractivity contribution in [3.8, 4) is 5.75 Å². The lowest BCUT2D eigenvalue weighted by atomic mass is 9.76. The van der Waals surface area contributed by atoms with Gasteiger partial charge in [0.15, 0.2) is 0 Å². The molecular weight excluding hydrogens is 387 g/mol. The molecule has 0 heterocycles. The fraction of sp³-hybridized carbons (Fsp3) is 0.333. The highest BCUT2D eigenvalue weighted by molar-refractivity contribution is 6.43. The van der Waals surface area contributed by atoms with E-state index in [1.807, 2.05) is 0 Å². The molecule has 2 rings (SSSR count). The van der Waals surface area contributed by atoms with E-state index < -0.39 is 24.8 Å². The number of carboxylic acids is 1. The molecule has 1 amide bonds. The first-order valence-corrected chi connectivity index (χ1v) is 9.52. The standard InChI is InChI=1S/C11H17N.C10H12BNO6/c1-4-10-5-7-11(8-6-10)9-12(2)3;13-5-12-8(11(17)18)4-6-2-1-3-7(9(6)14)10(15)16/h5-8H,4,9H2,1-3H3;1-3,5,8,14,17-18H,4H2,(H,12,13)(H,15,16). The number of carbonyl (C=O) groups is 2. The molecule has 9 heteroatoms. The van der Waals surface area contributed by atoms with Gasteiger partial charge >= 0.3 is 13.1 Å². The number of carboxylic acid groups (broad SMARTS) is 1. The molecule has 0 aliphatic carbocycles. The van der Waals surface area contributed by atoms with E-state index in [9.17, 15) is 14.7 Å². The van der Waals surface area contributed by atoms with Gasteiger partial charge < -0.3 is 30.5 Å². The lowest BCUT2D eigenvalue weighted by Crippen LogP contribution is -2.44. The van der Waals surface area contributed by atoms with Gasteiger partial charge in [0.05, 0.1) is 5.94 Å². The maximum atomic E-state index is 10.8. The third-order valence-electron chi connectivity index (χ3n) is 4.36. The molecule has 1 atom stereocenters. The Kier molecular flexibility index (Phi) is 10.6. The number of aryl methyl sites for hydroxylation is 1. The summed E-state index contributed by atoms with van der Waals surface area (Å²) in [6.07, 6.45) is 1.31. The van der Waals surface area contributed by atoms with Crippen molar-refractivity contribution in [3.05, 3.63) is 64.7 Å². The number of aromatic hydroxyl groups is 1. The molecule has 2 aromatic carbocycles. The summed E-state index contributed by atoms with van der Waals surface area (Å²) in [6, 6.07) is 12.9. The van der Waals surface area contributed by atoms with Crippen molar-refractivity contribution in [2.24, 2.45) is 0 Å². The van der Waals surface area contributed by atoms with Gasteiger partial charge in [-0.15, -0.1) is 0 Å². The van der Waals surface area contributed by atoms with E-state index in [0.29, 0.717) is 6.41 Å². The summed E-state index contributed by atoms with van der Waals surface area (Å²) in [5, 5.41) is 38.7. The summed E-state index contributed by atoms with van der Waals surface area (Å²) in [7, 11) is 2.37. The minimum Gasteiger partial charge on any atom is -0.507 e. The number of nitrogens with one attached hydrogen (secondary N) is 1. The number of carbonyl (C=O) groups excluding carboxylic acids is 1. The van der Waals surface area contributed by atoms with Gasteiger partial charge in [-0.05, 0) is 49.7 Å². The molecule has 0 aliphatic heterocycles. The number of amides is 1. The van der Waals surface area contributed by atoms with Crippen LogP contribution in [0.15, 0.2) is 42.5 Å². The Morgan fingerprint density at radius 1 is 1.13 bits per heavy atom. The first-order valence-electron chi connectivity index (χ1n) is 9.52. The average Bonchev–Trinajstić information content (AvgIpc) is 2.69. The van der Waals surface area contributed by atoms with E-state index in [2.05, 4.69) is 55.5 Å². The first kappa shape index (κ1) is 25.2. The predicted octanol–water partition coefficient (Wildman–Crippen LogP) is 1.07. The second kappa shape index (κ2) is 12.6. The SMILES string of the molecule is CCc1ccc(CN(C)C)cc1.O=CNC(Cc1cccc(C(=O)O)c1O)B(O)O. The van der Waals surface area contributed by atoms with Crippen LogP contribution in [0, 0.1) is 0 Å². The van der Waals surface area contributed by atoms with Crippen molar-refractivity contribution >= 4 is 19.5 Å². The van der Waals surface area contributed by atoms with Gasteiger partial charge in [-0.1, -0.05) is 43.3 Å². The fourth-order valence-electron chi connectivity index (χ4n) is 2.75. The molecule has 0 aliphatic rings. The maximum Gasteiger partial charge on any atom is 0.475 e. The molecule has 0 saturated carbocycles. The number of aromatic carboxylic acids is 1. The number of benzene rings is 2. The second-order valence-electron chi connectivity index (χ2n) is 7.04. The molecule has 0 aromatic heterocycles. The molecule has 8 nitrogen and oxygen atoms in total. The number of phenols is 1. The topological polar surface area (TPSA) is 130 Å². The summed E-state index contributed by atoms with van der Waals surface area (Å²) in [6.45, 7) is 3.21. The summed E-state index contributed by atoms with van der Waals surface area (Å²) >= 11 is 0. The third kappa shape index (κ3) is 8.24. The van der Waals surface area contributed by atoms with Crippen LogP contribution in [0.25, 0.3) is 0 Å². The van der Waals surface area contributed by atoms with Crippen LogP contribution in [0.2, 0.25) is 0 Å². The van der Waals surface area contributed by atoms with Crippen molar-refractivity contribution in [2.45, 2.75) is 32.3 Å².